The molecule has 5 rings (SSSR count). The monoisotopic (exact) mass is 273 g/mol. The number of hydrogen-bond donors (Lipinski definition) is 2. The summed E-state index contributed by atoms with van der Waals surface area (Å²) in [5.74, 6) is 2.88. The number of urea groups is 1. The summed E-state index contributed by atoms with van der Waals surface area (Å²) in [6.45, 7) is 0. The second kappa shape index (κ2) is 4.38. The third-order valence-corrected chi connectivity index (χ3v) is 5.94. The predicted octanol–water partition coefficient (Wildman–Crippen LogP) is 2.56. The van der Waals surface area contributed by atoms with Gasteiger partial charge >= 0.3 is 6.03 Å². The fraction of sp³-hybridized carbons (Fsp3) is 0.875. The topological polar surface area (TPSA) is 64.9 Å². The van der Waals surface area contributed by atoms with Crippen LogP contribution in [0.1, 0.15) is 51.4 Å². The Morgan fingerprint density at radius 2 is 1.65 bits per heavy atom. The Balaban J connectivity index is 1.41. The molecule has 0 aromatic carbocycles. The maximum Gasteiger partial charge on any atom is 0.316 e. The molecular weight excluding hydrogens is 250 g/mol. The van der Waals surface area contributed by atoms with Crippen LogP contribution in [0.5, 0.6) is 0 Å². The molecule has 0 radical (unpaired) electrons. The van der Waals surface area contributed by atoms with Gasteiger partial charge in [0, 0.05) is 5.54 Å². The van der Waals surface area contributed by atoms with E-state index in [0.29, 0.717) is 5.92 Å². The van der Waals surface area contributed by atoms with Crippen molar-refractivity contribution in [2.45, 2.75) is 62.9 Å². The molecule has 5 fully saturated rings. The molecule has 0 aromatic heterocycles. The Morgan fingerprint density at radius 3 is 2.10 bits per heavy atom. The number of nitriles is 1. The van der Waals surface area contributed by atoms with E-state index in [0.717, 1.165) is 49.9 Å². The van der Waals surface area contributed by atoms with Crippen LogP contribution in [0.15, 0.2) is 0 Å². The zero-order valence-corrected chi connectivity index (χ0v) is 11.9. The van der Waals surface area contributed by atoms with Crippen LogP contribution in [0.3, 0.4) is 0 Å². The maximum absolute atomic E-state index is 12.3. The lowest BCUT2D eigenvalue weighted by Crippen LogP contribution is -2.62. The summed E-state index contributed by atoms with van der Waals surface area (Å²) < 4.78 is 0. The molecule has 4 heteroatoms. The molecule has 2 N–H and O–H groups in total. The highest BCUT2D eigenvalue weighted by Crippen LogP contribution is 2.55. The van der Waals surface area contributed by atoms with Crippen molar-refractivity contribution in [3.63, 3.8) is 0 Å². The van der Waals surface area contributed by atoms with E-state index in [9.17, 15) is 4.79 Å². The van der Waals surface area contributed by atoms with Crippen molar-refractivity contribution in [1.82, 2.24) is 10.6 Å². The standard InChI is InChI=1S/C16H23N3O/c17-9-14(13-1-2-13)18-15(20)19-16-6-10-3-11(7-16)5-12(4-10)8-16/h10-14H,1-8H2,(H2,18,19,20). The van der Waals surface area contributed by atoms with Crippen LogP contribution < -0.4 is 10.6 Å². The van der Waals surface area contributed by atoms with Gasteiger partial charge in [0.25, 0.3) is 0 Å². The minimum atomic E-state index is -0.288. The van der Waals surface area contributed by atoms with Gasteiger partial charge in [-0.05, 0) is 75.0 Å². The first-order valence-corrected chi connectivity index (χ1v) is 8.14. The average molecular weight is 273 g/mol. The average Bonchev–Trinajstić information content (AvgIpc) is 3.17. The molecule has 0 aromatic rings. The number of carbonyl (C=O) groups excluding carboxylic acids is 1. The lowest BCUT2D eigenvalue weighted by Gasteiger charge is -2.56. The summed E-state index contributed by atoms with van der Waals surface area (Å²) >= 11 is 0. The zero-order valence-electron chi connectivity index (χ0n) is 11.9. The van der Waals surface area contributed by atoms with Crippen molar-refractivity contribution in [2.24, 2.45) is 23.7 Å². The number of rotatable bonds is 3. The Labute approximate surface area is 120 Å². The Hall–Kier alpha value is -1.24. The fourth-order valence-electron chi connectivity index (χ4n) is 5.37. The summed E-state index contributed by atoms with van der Waals surface area (Å²) in [7, 11) is 0. The molecule has 0 saturated heterocycles. The first kappa shape index (κ1) is 12.5. The van der Waals surface area contributed by atoms with E-state index in [-0.39, 0.29) is 17.6 Å². The van der Waals surface area contributed by atoms with Crippen LogP contribution in [0.4, 0.5) is 4.79 Å². The SMILES string of the molecule is N#CC(NC(=O)NC12CC3CC(CC(C3)C1)C2)C1CC1. The van der Waals surface area contributed by atoms with E-state index in [1.165, 1.54) is 19.3 Å². The second-order valence-corrected chi connectivity index (χ2v) is 7.74. The molecule has 0 aliphatic heterocycles. The predicted molar refractivity (Wildman–Crippen MR) is 74.7 cm³/mol. The smallest absolute Gasteiger partial charge is 0.316 e. The van der Waals surface area contributed by atoms with Crippen LogP contribution in [0.25, 0.3) is 0 Å². The Morgan fingerprint density at radius 1 is 1.10 bits per heavy atom. The first-order chi connectivity index (χ1) is 9.66. The van der Waals surface area contributed by atoms with Gasteiger partial charge in [-0.15, -0.1) is 0 Å². The van der Waals surface area contributed by atoms with E-state index >= 15 is 0 Å². The normalized spacial score (nSPS) is 42.9. The maximum atomic E-state index is 12.3. The van der Waals surface area contributed by atoms with Crippen molar-refractivity contribution >= 4 is 6.03 Å². The zero-order chi connectivity index (χ0) is 13.7. The molecule has 0 spiro atoms. The number of nitrogens with zero attached hydrogens (tertiary/aromatic N) is 1. The largest absolute Gasteiger partial charge is 0.333 e. The quantitative estimate of drug-likeness (QED) is 0.830. The molecule has 5 saturated carbocycles. The molecule has 5 aliphatic rings. The van der Waals surface area contributed by atoms with Gasteiger partial charge < -0.3 is 10.6 Å². The number of nitrogens with one attached hydrogen (secondary N) is 2. The van der Waals surface area contributed by atoms with E-state index in [1.807, 2.05) is 0 Å². The van der Waals surface area contributed by atoms with Gasteiger partial charge in [-0.25, -0.2) is 4.79 Å². The molecule has 1 atom stereocenters. The van der Waals surface area contributed by atoms with Crippen LogP contribution in [0, 0.1) is 35.0 Å². The molecule has 20 heavy (non-hydrogen) atoms. The van der Waals surface area contributed by atoms with Crippen molar-refractivity contribution in [3.05, 3.63) is 0 Å². The lowest BCUT2D eigenvalue weighted by molar-refractivity contribution is -0.0136. The summed E-state index contributed by atoms with van der Waals surface area (Å²) in [6, 6.07) is 1.84. The van der Waals surface area contributed by atoms with Gasteiger partial charge in [0.05, 0.1) is 6.07 Å². The number of hydrogen-bond acceptors (Lipinski definition) is 2. The van der Waals surface area contributed by atoms with Crippen LogP contribution in [-0.2, 0) is 0 Å². The Kier molecular flexibility index (Phi) is 2.73. The van der Waals surface area contributed by atoms with Crippen molar-refractivity contribution in [3.8, 4) is 6.07 Å². The summed E-state index contributed by atoms with van der Waals surface area (Å²) in [6.07, 6.45) is 9.78. The van der Waals surface area contributed by atoms with E-state index < -0.39 is 0 Å². The molecule has 5 aliphatic carbocycles. The van der Waals surface area contributed by atoms with E-state index in [1.54, 1.807) is 0 Å². The van der Waals surface area contributed by atoms with E-state index in [4.69, 9.17) is 5.26 Å². The van der Waals surface area contributed by atoms with Crippen LogP contribution in [0.2, 0.25) is 0 Å². The molecule has 0 heterocycles. The van der Waals surface area contributed by atoms with Crippen molar-refractivity contribution in [2.75, 3.05) is 0 Å². The highest BCUT2D eigenvalue weighted by molar-refractivity contribution is 5.75. The fourth-order valence-corrected chi connectivity index (χ4v) is 5.37. The van der Waals surface area contributed by atoms with Crippen molar-refractivity contribution < 1.29 is 4.79 Å². The third-order valence-electron chi connectivity index (χ3n) is 5.94. The molecule has 2 amide bonds. The lowest BCUT2D eigenvalue weighted by atomic mass is 9.53. The molecule has 108 valence electrons. The highest BCUT2D eigenvalue weighted by atomic mass is 16.2. The molecule has 4 nitrogen and oxygen atoms in total. The molecular formula is C16H23N3O. The summed E-state index contributed by atoms with van der Waals surface area (Å²) in [5, 5.41) is 15.3. The minimum Gasteiger partial charge on any atom is -0.333 e. The highest BCUT2D eigenvalue weighted by Gasteiger charge is 2.51. The van der Waals surface area contributed by atoms with Gasteiger partial charge in [0.15, 0.2) is 0 Å². The molecule has 4 bridgehead atoms. The third kappa shape index (κ3) is 2.17. The van der Waals surface area contributed by atoms with E-state index in [2.05, 4.69) is 16.7 Å². The number of carbonyl (C=O) groups is 1. The first-order valence-electron chi connectivity index (χ1n) is 8.14. The van der Waals surface area contributed by atoms with Crippen molar-refractivity contribution in [1.29, 1.82) is 5.26 Å². The van der Waals surface area contributed by atoms with Gasteiger partial charge in [0.2, 0.25) is 0 Å². The minimum absolute atomic E-state index is 0.0440. The second-order valence-electron chi connectivity index (χ2n) is 7.74. The number of amides is 2. The van der Waals surface area contributed by atoms with Crippen LogP contribution in [-0.4, -0.2) is 17.6 Å². The molecule has 1 unspecified atom stereocenters. The summed E-state index contributed by atoms with van der Waals surface area (Å²) in [4.78, 5) is 12.3. The van der Waals surface area contributed by atoms with Crippen LogP contribution >= 0.6 is 0 Å². The van der Waals surface area contributed by atoms with Gasteiger partial charge in [-0.3, -0.25) is 0 Å². The Bertz CT molecular complexity index is 428. The van der Waals surface area contributed by atoms with Gasteiger partial charge in [-0.2, -0.15) is 5.26 Å². The summed E-state index contributed by atoms with van der Waals surface area (Å²) in [5.41, 5.74) is 0.0440. The van der Waals surface area contributed by atoms with Gasteiger partial charge in [-0.1, -0.05) is 0 Å². The van der Waals surface area contributed by atoms with Gasteiger partial charge in [0.1, 0.15) is 6.04 Å².